The van der Waals surface area contributed by atoms with Gasteiger partial charge >= 0.3 is 0 Å². The number of nitrogens with one attached hydrogen (secondary N) is 1. The van der Waals surface area contributed by atoms with Crippen molar-refractivity contribution in [1.29, 1.82) is 0 Å². The van der Waals surface area contributed by atoms with Crippen molar-refractivity contribution in [2.45, 2.75) is 13.8 Å². The summed E-state index contributed by atoms with van der Waals surface area (Å²) in [6, 6.07) is 15.2. The fourth-order valence-electron chi connectivity index (χ4n) is 2.99. The number of benzene rings is 1. The molecule has 0 aliphatic heterocycles. The van der Waals surface area contributed by atoms with E-state index in [9.17, 15) is 4.79 Å². The van der Waals surface area contributed by atoms with Crippen LogP contribution >= 0.6 is 11.6 Å². The summed E-state index contributed by atoms with van der Waals surface area (Å²) in [7, 11) is 0. The molecule has 0 saturated carbocycles. The zero-order valence-electron chi connectivity index (χ0n) is 15.4. The Morgan fingerprint density at radius 1 is 1.04 bits per heavy atom. The highest BCUT2D eigenvalue weighted by atomic mass is 35.5. The molecule has 0 atom stereocenters. The Morgan fingerprint density at radius 3 is 2.39 bits per heavy atom. The third-order valence-electron chi connectivity index (χ3n) is 4.36. The molecule has 1 N–H and O–H groups in total. The standard InChI is InChI=1S/C21H18ClN5O/c1-14-5-8-17(9-6-14)27-21(26-11-3-4-12-26)19(15(2)25-27)20(28)24-18-10-7-16(22)13-23-18/h3-13H,1-2H3,(H,23,24,28). The van der Waals surface area contributed by atoms with Gasteiger partial charge in [-0.15, -0.1) is 0 Å². The summed E-state index contributed by atoms with van der Waals surface area (Å²) >= 11 is 5.87. The molecule has 1 aromatic carbocycles. The number of anilines is 1. The van der Waals surface area contributed by atoms with Gasteiger partial charge < -0.3 is 9.88 Å². The Morgan fingerprint density at radius 2 is 1.75 bits per heavy atom. The molecule has 28 heavy (non-hydrogen) atoms. The lowest BCUT2D eigenvalue weighted by molar-refractivity contribution is 0.102. The van der Waals surface area contributed by atoms with Crippen LogP contribution in [-0.4, -0.2) is 25.2 Å². The van der Waals surface area contributed by atoms with E-state index < -0.39 is 0 Å². The normalized spacial score (nSPS) is 10.8. The molecular formula is C21H18ClN5O. The first-order valence-corrected chi connectivity index (χ1v) is 9.13. The van der Waals surface area contributed by atoms with E-state index in [1.807, 2.05) is 67.2 Å². The monoisotopic (exact) mass is 391 g/mol. The van der Waals surface area contributed by atoms with E-state index in [4.69, 9.17) is 11.6 Å². The summed E-state index contributed by atoms with van der Waals surface area (Å²) in [6.07, 6.45) is 5.27. The SMILES string of the molecule is Cc1ccc(-n2nc(C)c(C(=O)Nc3ccc(Cl)cn3)c2-n2cccc2)cc1. The molecule has 0 spiro atoms. The van der Waals surface area contributed by atoms with Crippen molar-refractivity contribution < 1.29 is 4.79 Å². The summed E-state index contributed by atoms with van der Waals surface area (Å²) in [6.45, 7) is 3.85. The van der Waals surface area contributed by atoms with Gasteiger partial charge in [0.05, 0.1) is 16.4 Å². The molecule has 0 bridgehead atoms. The fourth-order valence-corrected chi connectivity index (χ4v) is 3.10. The Labute approximate surface area is 167 Å². The van der Waals surface area contributed by atoms with Crippen LogP contribution < -0.4 is 5.32 Å². The third-order valence-corrected chi connectivity index (χ3v) is 4.58. The van der Waals surface area contributed by atoms with Gasteiger partial charge in [0.2, 0.25) is 0 Å². The average Bonchev–Trinajstić information content (AvgIpc) is 3.31. The van der Waals surface area contributed by atoms with Crippen LogP contribution in [0, 0.1) is 13.8 Å². The lowest BCUT2D eigenvalue weighted by Gasteiger charge is -2.11. The van der Waals surface area contributed by atoms with Crippen molar-refractivity contribution in [3.8, 4) is 11.5 Å². The van der Waals surface area contributed by atoms with Gasteiger partial charge in [0.15, 0.2) is 5.82 Å². The Kier molecular flexibility index (Phi) is 4.71. The van der Waals surface area contributed by atoms with E-state index in [1.54, 1.807) is 16.8 Å². The van der Waals surface area contributed by atoms with Crippen LogP contribution in [0.25, 0.3) is 11.5 Å². The maximum atomic E-state index is 13.1. The number of carbonyl (C=O) groups excluding carboxylic acids is 1. The smallest absolute Gasteiger partial charge is 0.262 e. The average molecular weight is 392 g/mol. The second kappa shape index (κ2) is 7.32. The maximum absolute atomic E-state index is 13.1. The van der Waals surface area contributed by atoms with Crippen molar-refractivity contribution >= 4 is 23.3 Å². The largest absolute Gasteiger partial charge is 0.308 e. The van der Waals surface area contributed by atoms with Crippen molar-refractivity contribution in [2.75, 3.05) is 5.32 Å². The zero-order chi connectivity index (χ0) is 19.7. The van der Waals surface area contributed by atoms with Crippen LogP contribution in [0.2, 0.25) is 5.02 Å². The molecule has 6 nitrogen and oxygen atoms in total. The number of rotatable bonds is 4. The van der Waals surface area contributed by atoms with Gasteiger partial charge in [0.25, 0.3) is 5.91 Å². The second-order valence-corrected chi connectivity index (χ2v) is 6.87. The molecule has 4 rings (SSSR count). The number of hydrogen-bond acceptors (Lipinski definition) is 3. The van der Waals surface area contributed by atoms with Crippen molar-refractivity contribution in [1.82, 2.24) is 19.3 Å². The van der Waals surface area contributed by atoms with Gasteiger partial charge in [0.1, 0.15) is 11.4 Å². The highest BCUT2D eigenvalue weighted by Gasteiger charge is 2.24. The van der Waals surface area contributed by atoms with Gasteiger partial charge in [-0.05, 0) is 50.2 Å². The summed E-state index contributed by atoms with van der Waals surface area (Å²) in [5, 5.41) is 7.97. The molecule has 3 heterocycles. The van der Waals surface area contributed by atoms with Gasteiger partial charge in [-0.25, -0.2) is 9.67 Å². The molecular weight excluding hydrogens is 374 g/mol. The Balaban J connectivity index is 1.81. The molecule has 0 radical (unpaired) electrons. The first-order valence-electron chi connectivity index (χ1n) is 8.76. The number of halogens is 1. The molecule has 0 aliphatic carbocycles. The van der Waals surface area contributed by atoms with E-state index in [-0.39, 0.29) is 5.91 Å². The van der Waals surface area contributed by atoms with Gasteiger partial charge in [0, 0.05) is 18.6 Å². The topological polar surface area (TPSA) is 64.7 Å². The number of aromatic nitrogens is 4. The number of pyridine rings is 1. The van der Waals surface area contributed by atoms with Crippen LogP contribution in [0.1, 0.15) is 21.6 Å². The fraction of sp³-hybridized carbons (Fsp3) is 0.0952. The summed E-state index contributed by atoms with van der Waals surface area (Å²) in [5.74, 6) is 0.808. The molecule has 7 heteroatoms. The number of amides is 1. The van der Waals surface area contributed by atoms with E-state index in [2.05, 4.69) is 15.4 Å². The predicted octanol–water partition coefficient (Wildman–Crippen LogP) is 4.58. The highest BCUT2D eigenvalue weighted by molar-refractivity contribution is 6.30. The second-order valence-electron chi connectivity index (χ2n) is 6.44. The number of hydrogen-bond donors (Lipinski definition) is 1. The van der Waals surface area contributed by atoms with Gasteiger partial charge in [-0.3, -0.25) is 4.79 Å². The first kappa shape index (κ1) is 18.0. The maximum Gasteiger partial charge on any atom is 0.262 e. The van der Waals surface area contributed by atoms with Crippen LogP contribution in [0.3, 0.4) is 0 Å². The summed E-state index contributed by atoms with van der Waals surface area (Å²) < 4.78 is 3.66. The summed E-state index contributed by atoms with van der Waals surface area (Å²) in [4.78, 5) is 17.2. The molecule has 140 valence electrons. The first-order chi connectivity index (χ1) is 13.5. The summed E-state index contributed by atoms with van der Waals surface area (Å²) in [5.41, 5.74) is 3.13. The van der Waals surface area contributed by atoms with Crippen LogP contribution in [-0.2, 0) is 0 Å². The number of aryl methyl sites for hydroxylation is 2. The van der Waals surface area contributed by atoms with Crippen LogP contribution in [0.5, 0.6) is 0 Å². The molecule has 0 unspecified atom stereocenters. The molecule has 0 fully saturated rings. The highest BCUT2D eigenvalue weighted by Crippen LogP contribution is 2.24. The lowest BCUT2D eigenvalue weighted by Crippen LogP contribution is -2.16. The van der Waals surface area contributed by atoms with Crippen LogP contribution in [0.15, 0.2) is 67.1 Å². The molecule has 3 aromatic heterocycles. The Bertz CT molecular complexity index is 1110. The zero-order valence-corrected chi connectivity index (χ0v) is 16.2. The van der Waals surface area contributed by atoms with Crippen LogP contribution in [0.4, 0.5) is 5.82 Å². The minimum absolute atomic E-state index is 0.283. The molecule has 1 amide bonds. The Hall–Kier alpha value is -3.38. The quantitative estimate of drug-likeness (QED) is 0.553. The van der Waals surface area contributed by atoms with E-state index in [1.165, 1.54) is 6.20 Å². The molecule has 4 aromatic rings. The van der Waals surface area contributed by atoms with E-state index in [0.717, 1.165) is 11.3 Å². The molecule has 0 saturated heterocycles. The lowest BCUT2D eigenvalue weighted by atomic mass is 10.2. The van der Waals surface area contributed by atoms with Crippen molar-refractivity contribution in [2.24, 2.45) is 0 Å². The molecule has 0 aliphatic rings. The number of nitrogens with zero attached hydrogens (tertiary/aromatic N) is 4. The van der Waals surface area contributed by atoms with Gasteiger partial charge in [-0.1, -0.05) is 29.3 Å². The van der Waals surface area contributed by atoms with Crippen molar-refractivity contribution in [3.63, 3.8) is 0 Å². The van der Waals surface area contributed by atoms with Gasteiger partial charge in [-0.2, -0.15) is 5.10 Å². The number of carbonyl (C=O) groups is 1. The minimum atomic E-state index is -0.283. The van der Waals surface area contributed by atoms with Crippen molar-refractivity contribution in [3.05, 3.63) is 89.0 Å². The predicted molar refractivity (Wildman–Crippen MR) is 110 cm³/mol. The van der Waals surface area contributed by atoms with E-state index >= 15 is 0 Å². The van der Waals surface area contributed by atoms with E-state index in [0.29, 0.717) is 27.9 Å². The minimum Gasteiger partial charge on any atom is -0.308 e. The third kappa shape index (κ3) is 3.42.